The maximum atomic E-state index is 12.3. The molecule has 0 radical (unpaired) electrons. The maximum absolute atomic E-state index is 12.3. The van der Waals surface area contributed by atoms with Crippen LogP contribution in [0.3, 0.4) is 0 Å². The lowest BCUT2D eigenvalue weighted by molar-refractivity contribution is -0.123. The average Bonchev–Trinajstić information content (AvgIpc) is 2.79. The molecule has 0 aliphatic rings. The Kier molecular flexibility index (Phi) is 8.38. The third-order valence-corrected chi connectivity index (χ3v) is 5.43. The second kappa shape index (κ2) is 11.4. The highest BCUT2D eigenvalue weighted by atomic mass is 79.9. The van der Waals surface area contributed by atoms with E-state index in [1.165, 1.54) is 6.21 Å². The van der Waals surface area contributed by atoms with Gasteiger partial charge in [0.2, 0.25) is 0 Å². The smallest absolute Gasteiger partial charge is 0.344 e. The van der Waals surface area contributed by atoms with Crippen molar-refractivity contribution in [1.29, 1.82) is 0 Å². The van der Waals surface area contributed by atoms with Gasteiger partial charge in [0.25, 0.3) is 5.91 Å². The lowest BCUT2D eigenvalue weighted by atomic mass is 10.0. The van der Waals surface area contributed by atoms with E-state index in [2.05, 4.69) is 40.3 Å². The summed E-state index contributed by atoms with van der Waals surface area (Å²) in [5, 5.41) is 3.96. The van der Waals surface area contributed by atoms with Crippen LogP contribution in [0.25, 0.3) is 0 Å². The number of amides is 1. The molecule has 3 aromatic carbocycles. The minimum atomic E-state index is -0.453. The minimum Gasteiger partial charge on any atom is -0.483 e. The van der Waals surface area contributed by atoms with Crippen LogP contribution < -0.4 is 14.9 Å². The Balaban J connectivity index is 1.50. The highest BCUT2D eigenvalue weighted by Crippen LogP contribution is 2.27. The molecule has 0 aliphatic carbocycles. The topological polar surface area (TPSA) is 77.0 Å². The van der Waals surface area contributed by atoms with Crippen molar-refractivity contribution in [3.05, 3.63) is 93.5 Å². The molecule has 0 saturated carbocycles. The third-order valence-electron chi connectivity index (χ3n) is 4.74. The summed E-state index contributed by atoms with van der Waals surface area (Å²) in [4.78, 5) is 24.4. The normalized spacial score (nSPS) is 10.9. The van der Waals surface area contributed by atoms with E-state index >= 15 is 0 Å². The molecule has 170 valence electrons. The number of esters is 1. The zero-order valence-corrected chi connectivity index (χ0v) is 20.3. The van der Waals surface area contributed by atoms with Gasteiger partial charge in [-0.05, 0) is 87.9 Å². The molecule has 0 fully saturated rings. The van der Waals surface area contributed by atoms with E-state index in [1.54, 1.807) is 42.5 Å². The molecule has 0 aromatic heterocycles. The number of aryl methyl sites for hydroxylation is 1. The van der Waals surface area contributed by atoms with E-state index in [1.807, 2.05) is 31.2 Å². The molecular weight excluding hydrogens is 484 g/mol. The van der Waals surface area contributed by atoms with Gasteiger partial charge in [0, 0.05) is 4.47 Å². The zero-order chi connectivity index (χ0) is 23.8. The zero-order valence-electron chi connectivity index (χ0n) is 18.7. The number of hydrogen-bond acceptors (Lipinski definition) is 5. The number of nitrogens with one attached hydrogen (secondary N) is 1. The van der Waals surface area contributed by atoms with E-state index in [0.717, 1.165) is 16.7 Å². The van der Waals surface area contributed by atoms with Gasteiger partial charge >= 0.3 is 5.97 Å². The Labute approximate surface area is 201 Å². The van der Waals surface area contributed by atoms with Gasteiger partial charge in [-0.3, -0.25) is 4.79 Å². The molecule has 3 rings (SSSR count). The van der Waals surface area contributed by atoms with Crippen molar-refractivity contribution < 1.29 is 19.1 Å². The Hall–Kier alpha value is -3.45. The summed E-state index contributed by atoms with van der Waals surface area (Å²) in [6, 6.07) is 19.8. The molecule has 0 spiro atoms. The van der Waals surface area contributed by atoms with Gasteiger partial charge in [-0.15, -0.1) is 0 Å². The summed E-state index contributed by atoms with van der Waals surface area (Å²) in [7, 11) is 0. The van der Waals surface area contributed by atoms with Gasteiger partial charge in [0.15, 0.2) is 6.61 Å². The van der Waals surface area contributed by atoms with Crippen molar-refractivity contribution in [2.75, 3.05) is 6.61 Å². The van der Waals surface area contributed by atoms with Crippen LogP contribution in [0.2, 0.25) is 0 Å². The molecule has 0 unspecified atom stereocenters. The quantitative estimate of drug-likeness (QED) is 0.185. The maximum Gasteiger partial charge on any atom is 0.344 e. The summed E-state index contributed by atoms with van der Waals surface area (Å²) >= 11 is 3.34. The van der Waals surface area contributed by atoms with Crippen LogP contribution in [-0.4, -0.2) is 24.7 Å². The van der Waals surface area contributed by atoms with Gasteiger partial charge in [-0.25, -0.2) is 10.2 Å². The molecule has 0 atom stereocenters. The number of nitrogens with zero attached hydrogens (tertiary/aromatic N) is 1. The Bertz CT molecular complexity index is 1160. The van der Waals surface area contributed by atoms with Crippen LogP contribution in [-0.2, 0) is 4.79 Å². The van der Waals surface area contributed by atoms with E-state index in [9.17, 15) is 9.59 Å². The van der Waals surface area contributed by atoms with Crippen LogP contribution in [0.4, 0.5) is 0 Å². The van der Waals surface area contributed by atoms with Crippen molar-refractivity contribution in [3.8, 4) is 11.5 Å². The molecule has 0 bridgehead atoms. The molecule has 1 N–H and O–H groups in total. The summed E-state index contributed by atoms with van der Waals surface area (Å²) in [6.45, 7) is 6.00. The number of carbonyl (C=O) groups excluding carboxylic acids is 2. The first-order valence-corrected chi connectivity index (χ1v) is 11.2. The lowest BCUT2D eigenvalue weighted by Gasteiger charge is -2.14. The predicted octanol–water partition coefficient (Wildman–Crippen LogP) is 5.63. The minimum absolute atomic E-state index is 0.134. The van der Waals surface area contributed by atoms with Crippen LogP contribution in [0, 0.1) is 6.92 Å². The number of hydrogen-bond donors (Lipinski definition) is 1. The number of benzene rings is 3. The van der Waals surface area contributed by atoms with Crippen LogP contribution in [0.1, 0.15) is 46.8 Å². The van der Waals surface area contributed by atoms with Gasteiger partial charge in [0.1, 0.15) is 11.5 Å². The summed E-state index contributed by atoms with van der Waals surface area (Å²) in [6.07, 6.45) is 1.50. The Morgan fingerprint density at radius 3 is 2.48 bits per heavy atom. The fourth-order valence-electron chi connectivity index (χ4n) is 3.01. The highest BCUT2D eigenvalue weighted by Gasteiger charge is 2.12. The predicted molar refractivity (Wildman–Crippen MR) is 132 cm³/mol. The fourth-order valence-corrected chi connectivity index (χ4v) is 3.46. The largest absolute Gasteiger partial charge is 0.483 e. The first-order valence-electron chi connectivity index (χ1n) is 10.5. The molecule has 3 aromatic rings. The standard InChI is InChI=1S/C26H25BrN2O4/c1-17(2)21-13-8-18(3)14-24(21)32-16-25(30)29-28-15-19-9-11-20(12-10-19)33-26(31)22-6-4-5-7-23(22)27/h4-15,17H,16H2,1-3H3,(H,29,30). The molecular formula is C26H25BrN2O4. The first kappa shape index (κ1) is 24.2. The summed E-state index contributed by atoms with van der Waals surface area (Å²) in [5.41, 5.74) is 5.75. The van der Waals surface area contributed by atoms with E-state index in [0.29, 0.717) is 21.5 Å². The fraction of sp³-hybridized carbons (Fsp3) is 0.192. The third kappa shape index (κ3) is 7.02. The molecule has 7 heteroatoms. The number of ether oxygens (including phenoxy) is 2. The van der Waals surface area contributed by atoms with Crippen molar-refractivity contribution >= 4 is 34.0 Å². The van der Waals surface area contributed by atoms with Crippen molar-refractivity contribution in [2.24, 2.45) is 5.10 Å². The molecule has 0 saturated heterocycles. The number of rotatable bonds is 8. The van der Waals surface area contributed by atoms with Crippen LogP contribution in [0.5, 0.6) is 11.5 Å². The molecule has 0 aliphatic heterocycles. The van der Waals surface area contributed by atoms with Gasteiger partial charge in [0.05, 0.1) is 11.8 Å². The average molecular weight is 509 g/mol. The van der Waals surface area contributed by atoms with Crippen LogP contribution >= 0.6 is 15.9 Å². The van der Waals surface area contributed by atoms with E-state index < -0.39 is 5.97 Å². The first-order chi connectivity index (χ1) is 15.8. The van der Waals surface area contributed by atoms with E-state index in [4.69, 9.17) is 9.47 Å². The second-order valence-electron chi connectivity index (χ2n) is 7.72. The molecule has 0 heterocycles. The lowest BCUT2D eigenvalue weighted by Crippen LogP contribution is -2.25. The van der Waals surface area contributed by atoms with Gasteiger partial charge < -0.3 is 9.47 Å². The second-order valence-corrected chi connectivity index (χ2v) is 8.57. The number of hydrazone groups is 1. The van der Waals surface area contributed by atoms with Gasteiger partial charge in [-0.1, -0.05) is 38.1 Å². The van der Waals surface area contributed by atoms with Crippen LogP contribution in [0.15, 0.2) is 76.3 Å². The SMILES string of the molecule is Cc1ccc(C(C)C)c(OCC(=O)NN=Cc2ccc(OC(=O)c3ccccc3Br)cc2)c1. The molecule has 1 amide bonds. The molecule has 33 heavy (non-hydrogen) atoms. The Morgan fingerprint density at radius 2 is 1.79 bits per heavy atom. The van der Waals surface area contributed by atoms with Crippen molar-refractivity contribution in [3.63, 3.8) is 0 Å². The summed E-state index contributed by atoms with van der Waals surface area (Å²) in [5.74, 6) is 0.589. The summed E-state index contributed by atoms with van der Waals surface area (Å²) < 4.78 is 11.8. The van der Waals surface area contributed by atoms with Gasteiger partial charge in [-0.2, -0.15) is 5.10 Å². The highest BCUT2D eigenvalue weighted by molar-refractivity contribution is 9.10. The number of halogens is 1. The van der Waals surface area contributed by atoms with Crippen molar-refractivity contribution in [1.82, 2.24) is 5.43 Å². The van der Waals surface area contributed by atoms with E-state index in [-0.39, 0.29) is 18.4 Å². The monoisotopic (exact) mass is 508 g/mol. The van der Waals surface area contributed by atoms with Crippen molar-refractivity contribution in [2.45, 2.75) is 26.7 Å². The molecule has 6 nitrogen and oxygen atoms in total. The number of carbonyl (C=O) groups is 2. The Morgan fingerprint density at radius 1 is 1.06 bits per heavy atom.